The lowest BCUT2D eigenvalue weighted by Gasteiger charge is -2.12. The van der Waals surface area contributed by atoms with Crippen LogP contribution in [0.3, 0.4) is 0 Å². The quantitative estimate of drug-likeness (QED) is 0.459. The second kappa shape index (κ2) is 5.42. The lowest BCUT2D eigenvalue weighted by atomic mass is 10.4. The predicted octanol–water partition coefficient (Wildman–Crippen LogP) is 0.699. The molecule has 0 radical (unpaired) electrons. The van der Waals surface area contributed by atoms with Gasteiger partial charge in [0.05, 0.1) is 0 Å². The zero-order valence-electron chi connectivity index (χ0n) is 7.66. The zero-order valence-corrected chi connectivity index (χ0v) is 9.48. The Balaban J connectivity index is 0. The number of carbonyl (C=O) groups is 1. The number of esters is 1. The number of halogens is 2. The molecule has 0 aliphatic carbocycles. The van der Waals surface area contributed by atoms with Crippen molar-refractivity contribution in [3.8, 4) is 0 Å². The van der Waals surface area contributed by atoms with Gasteiger partial charge in [-0.15, -0.1) is 0 Å². The maximum atomic E-state index is 12.4. The van der Waals surface area contributed by atoms with Crippen molar-refractivity contribution >= 4 is 29.6 Å². The molecule has 0 aromatic rings. The molecule has 0 aromatic carbocycles. The highest BCUT2D eigenvalue weighted by Crippen LogP contribution is 2.20. The molecular formula is C6H10F2O5S2. The predicted molar refractivity (Wildman–Crippen MR) is 52.6 cm³/mol. The van der Waals surface area contributed by atoms with Gasteiger partial charge in [-0.2, -0.15) is 30.7 Å². The molecule has 0 heterocycles. The van der Waals surface area contributed by atoms with Crippen molar-refractivity contribution < 1.29 is 31.3 Å². The fourth-order valence-electron chi connectivity index (χ4n) is 0.347. The van der Waals surface area contributed by atoms with Crippen molar-refractivity contribution in [2.24, 2.45) is 0 Å². The van der Waals surface area contributed by atoms with Gasteiger partial charge < -0.3 is 4.74 Å². The highest BCUT2D eigenvalue weighted by molar-refractivity contribution is 7.86. The van der Waals surface area contributed by atoms with E-state index in [-0.39, 0.29) is 19.1 Å². The molecule has 0 aromatic heterocycles. The van der Waals surface area contributed by atoms with Crippen molar-refractivity contribution in [3.05, 3.63) is 12.2 Å². The van der Waals surface area contributed by atoms with Crippen molar-refractivity contribution in [2.75, 3.05) is 6.61 Å². The minimum absolute atomic E-state index is 0. The summed E-state index contributed by atoms with van der Waals surface area (Å²) in [5, 5.41) is -4.50. The number of hydrogen-bond acceptors (Lipinski definition) is 4. The van der Waals surface area contributed by atoms with E-state index in [1.165, 1.54) is 6.92 Å². The van der Waals surface area contributed by atoms with Crippen LogP contribution < -0.4 is 0 Å². The van der Waals surface area contributed by atoms with Gasteiger partial charge in [-0.1, -0.05) is 6.58 Å². The van der Waals surface area contributed by atoms with Gasteiger partial charge in [0.1, 0.15) is 0 Å². The SMILES string of the molecule is C=C(C)C(=O)OCC(F)(F)S(=O)(=O)O.S. The van der Waals surface area contributed by atoms with Crippen molar-refractivity contribution in [1.29, 1.82) is 0 Å². The van der Waals surface area contributed by atoms with Crippen LogP contribution in [0.4, 0.5) is 8.78 Å². The number of alkyl halides is 2. The van der Waals surface area contributed by atoms with Crippen LogP contribution in [-0.4, -0.2) is 30.8 Å². The Hall–Kier alpha value is -0.670. The standard InChI is InChI=1S/C6H8F2O5S.H2S/c1-4(2)5(9)13-3-6(7,8)14(10,11)12;/h1,3H2,2H3,(H,10,11,12);1H2. The van der Waals surface area contributed by atoms with Crippen molar-refractivity contribution in [3.63, 3.8) is 0 Å². The van der Waals surface area contributed by atoms with E-state index in [0.29, 0.717) is 0 Å². The summed E-state index contributed by atoms with van der Waals surface area (Å²) >= 11 is 0. The zero-order chi connectivity index (χ0) is 11.6. The van der Waals surface area contributed by atoms with E-state index < -0.39 is 27.9 Å². The molecule has 0 unspecified atom stereocenters. The average molecular weight is 264 g/mol. The van der Waals surface area contributed by atoms with Gasteiger partial charge in [0, 0.05) is 5.57 Å². The maximum Gasteiger partial charge on any atom is 0.402 e. The minimum Gasteiger partial charge on any atom is -0.455 e. The fourth-order valence-corrected chi connectivity index (χ4v) is 0.555. The van der Waals surface area contributed by atoms with Crippen molar-refractivity contribution in [2.45, 2.75) is 12.2 Å². The third-order valence-corrected chi connectivity index (χ3v) is 1.97. The molecule has 0 saturated carbocycles. The Labute approximate surface area is 92.3 Å². The van der Waals surface area contributed by atoms with Crippen LogP contribution in [0.25, 0.3) is 0 Å². The summed E-state index contributed by atoms with van der Waals surface area (Å²) in [6.45, 7) is 2.55. The number of hydrogen-bond donors (Lipinski definition) is 1. The van der Waals surface area contributed by atoms with E-state index in [4.69, 9.17) is 4.55 Å². The van der Waals surface area contributed by atoms with Crippen LogP contribution >= 0.6 is 13.5 Å². The first kappa shape index (κ1) is 16.7. The lowest BCUT2D eigenvalue weighted by Crippen LogP contribution is -2.34. The molecule has 90 valence electrons. The van der Waals surface area contributed by atoms with E-state index in [9.17, 15) is 22.0 Å². The van der Waals surface area contributed by atoms with E-state index in [0.717, 1.165) is 0 Å². The number of rotatable bonds is 4. The molecule has 5 nitrogen and oxygen atoms in total. The maximum absolute atomic E-state index is 12.4. The Kier molecular flexibility index (Phi) is 6.06. The smallest absolute Gasteiger partial charge is 0.402 e. The van der Waals surface area contributed by atoms with Gasteiger partial charge in [0.25, 0.3) is 0 Å². The normalized spacial score (nSPS) is 11.5. The largest absolute Gasteiger partial charge is 0.455 e. The molecule has 0 rings (SSSR count). The van der Waals surface area contributed by atoms with E-state index >= 15 is 0 Å². The summed E-state index contributed by atoms with van der Waals surface area (Å²) in [6.07, 6.45) is 0. The van der Waals surface area contributed by atoms with Gasteiger partial charge in [-0.3, -0.25) is 4.55 Å². The summed E-state index contributed by atoms with van der Waals surface area (Å²) in [5.74, 6) is -1.16. The molecule has 0 atom stereocenters. The molecule has 9 heteroatoms. The molecule has 15 heavy (non-hydrogen) atoms. The lowest BCUT2D eigenvalue weighted by molar-refractivity contribution is -0.144. The molecule has 0 fully saturated rings. The van der Waals surface area contributed by atoms with Gasteiger partial charge >= 0.3 is 21.3 Å². The van der Waals surface area contributed by atoms with Crippen LogP contribution in [-0.2, 0) is 19.6 Å². The first-order chi connectivity index (χ1) is 6.08. The molecule has 0 saturated heterocycles. The van der Waals surface area contributed by atoms with Crippen LogP contribution in [0.1, 0.15) is 6.92 Å². The van der Waals surface area contributed by atoms with Crippen LogP contribution in [0, 0.1) is 0 Å². The highest BCUT2D eigenvalue weighted by atomic mass is 32.2. The first-order valence-electron chi connectivity index (χ1n) is 3.25. The van der Waals surface area contributed by atoms with E-state index in [1.54, 1.807) is 0 Å². The van der Waals surface area contributed by atoms with Crippen molar-refractivity contribution in [1.82, 2.24) is 0 Å². The first-order valence-corrected chi connectivity index (χ1v) is 4.69. The van der Waals surface area contributed by atoms with Crippen LogP contribution in [0.2, 0.25) is 0 Å². The monoisotopic (exact) mass is 264 g/mol. The van der Waals surface area contributed by atoms with Gasteiger partial charge in [0.2, 0.25) is 0 Å². The fraction of sp³-hybridized carbons (Fsp3) is 0.500. The third-order valence-electron chi connectivity index (χ3n) is 1.10. The summed E-state index contributed by atoms with van der Waals surface area (Å²) in [5.41, 5.74) is -0.156. The van der Waals surface area contributed by atoms with Crippen LogP contribution in [0.15, 0.2) is 12.2 Å². The molecular weight excluding hydrogens is 254 g/mol. The van der Waals surface area contributed by atoms with E-state index in [2.05, 4.69) is 11.3 Å². The second-order valence-corrected chi connectivity index (χ2v) is 4.02. The Bertz CT molecular complexity index is 349. The molecule has 0 aliphatic heterocycles. The van der Waals surface area contributed by atoms with Gasteiger partial charge in [-0.05, 0) is 6.92 Å². The van der Waals surface area contributed by atoms with Gasteiger partial charge in [0.15, 0.2) is 6.61 Å². The van der Waals surface area contributed by atoms with Gasteiger partial charge in [-0.25, -0.2) is 4.79 Å². The molecule has 0 aliphatic rings. The average Bonchev–Trinajstić information content (AvgIpc) is 1.97. The Morgan fingerprint density at radius 2 is 1.93 bits per heavy atom. The molecule has 1 N–H and O–H groups in total. The topological polar surface area (TPSA) is 80.7 Å². The van der Waals surface area contributed by atoms with E-state index in [1.807, 2.05) is 0 Å². The molecule has 0 spiro atoms. The Morgan fingerprint density at radius 3 is 2.20 bits per heavy atom. The molecule has 0 amide bonds. The highest BCUT2D eigenvalue weighted by Gasteiger charge is 2.45. The van der Waals surface area contributed by atoms with Crippen LogP contribution in [0.5, 0.6) is 0 Å². The molecule has 0 bridgehead atoms. The number of carbonyl (C=O) groups excluding carboxylic acids is 1. The summed E-state index contributed by atoms with van der Waals surface area (Å²) in [4.78, 5) is 10.6. The Morgan fingerprint density at radius 1 is 1.53 bits per heavy atom. The minimum atomic E-state index is -5.56. The summed E-state index contributed by atoms with van der Waals surface area (Å²) in [6, 6.07) is 0. The number of ether oxygens (including phenoxy) is 1. The summed E-state index contributed by atoms with van der Waals surface area (Å²) < 4.78 is 56.7. The third kappa shape index (κ3) is 5.09. The summed E-state index contributed by atoms with van der Waals surface area (Å²) in [7, 11) is -5.56. The second-order valence-electron chi connectivity index (χ2n) is 2.47.